The van der Waals surface area contributed by atoms with Crippen molar-refractivity contribution in [2.75, 3.05) is 12.1 Å². The van der Waals surface area contributed by atoms with Crippen LogP contribution in [0.15, 0.2) is 42.5 Å². The second-order valence-corrected chi connectivity index (χ2v) is 7.32. The summed E-state index contributed by atoms with van der Waals surface area (Å²) in [7, 11) is 0. The van der Waals surface area contributed by atoms with Gasteiger partial charge in [-0.15, -0.1) is 0 Å². The zero-order valence-corrected chi connectivity index (χ0v) is 15.3. The molecule has 0 saturated heterocycles. The van der Waals surface area contributed by atoms with E-state index >= 15 is 0 Å². The van der Waals surface area contributed by atoms with Crippen LogP contribution < -0.4 is 14.8 Å². The second kappa shape index (κ2) is 7.06. The Morgan fingerprint density at radius 3 is 2.70 bits per heavy atom. The van der Waals surface area contributed by atoms with Gasteiger partial charge < -0.3 is 14.8 Å². The third kappa shape index (κ3) is 3.29. The zero-order valence-electron chi connectivity index (χ0n) is 15.3. The second-order valence-electron chi connectivity index (χ2n) is 7.32. The molecule has 27 heavy (non-hydrogen) atoms. The fourth-order valence-electron chi connectivity index (χ4n) is 4.01. The molecule has 0 atom stereocenters. The van der Waals surface area contributed by atoms with E-state index in [-0.39, 0.29) is 0 Å². The van der Waals surface area contributed by atoms with Gasteiger partial charge in [-0.25, -0.2) is 9.97 Å². The van der Waals surface area contributed by atoms with Crippen molar-refractivity contribution in [3.05, 3.63) is 53.9 Å². The fraction of sp³-hybridized carbons (Fsp3) is 0.364. The van der Waals surface area contributed by atoms with E-state index in [1.165, 1.54) is 32.1 Å². The van der Waals surface area contributed by atoms with Crippen LogP contribution in [0.4, 0.5) is 5.82 Å². The van der Waals surface area contributed by atoms with Gasteiger partial charge in [0.25, 0.3) is 0 Å². The van der Waals surface area contributed by atoms with Gasteiger partial charge in [-0.2, -0.15) is 0 Å². The number of nitrogens with zero attached hydrogens (tertiary/aromatic N) is 2. The first-order valence-electron chi connectivity index (χ1n) is 9.76. The van der Waals surface area contributed by atoms with E-state index in [4.69, 9.17) is 19.4 Å². The normalized spacial score (nSPS) is 16.6. The highest BCUT2D eigenvalue weighted by molar-refractivity contribution is 5.89. The zero-order chi connectivity index (χ0) is 18.1. The van der Waals surface area contributed by atoms with E-state index in [0.29, 0.717) is 19.3 Å². The molecule has 1 N–H and O–H groups in total. The Morgan fingerprint density at radius 2 is 1.78 bits per heavy atom. The summed E-state index contributed by atoms with van der Waals surface area (Å²) >= 11 is 0. The van der Waals surface area contributed by atoms with Gasteiger partial charge in [-0.1, -0.05) is 37.5 Å². The summed E-state index contributed by atoms with van der Waals surface area (Å²) in [5.74, 6) is 4.01. The molecule has 2 aromatic carbocycles. The Bertz CT molecular complexity index is 967. The lowest BCUT2D eigenvalue weighted by Crippen LogP contribution is -2.11. The Balaban J connectivity index is 1.44. The van der Waals surface area contributed by atoms with E-state index in [9.17, 15) is 0 Å². The molecule has 0 unspecified atom stereocenters. The van der Waals surface area contributed by atoms with Crippen LogP contribution in [0.25, 0.3) is 10.9 Å². The number of fused-ring (bicyclic) bond motifs is 2. The monoisotopic (exact) mass is 361 g/mol. The molecule has 1 saturated carbocycles. The van der Waals surface area contributed by atoms with Crippen molar-refractivity contribution >= 4 is 16.7 Å². The largest absolute Gasteiger partial charge is 0.454 e. The van der Waals surface area contributed by atoms with Gasteiger partial charge in [0.05, 0.1) is 5.52 Å². The molecule has 1 aliphatic heterocycles. The number of aromatic nitrogens is 2. The topological polar surface area (TPSA) is 56.3 Å². The number of hydrogen-bond donors (Lipinski definition) is 1. The van der Waals surface area contributed by atoms with Crippen molar-refractivity contribution in [3.63, 3.8) is 0 Å². The van der Waals surface area contributed by atoms with Gasteiger partial charge in [0, 0.05) is 17.8 Å². The summed E-state index contributed by atoms with van der Waals surface area (Å²) in [4.78, 5) is 9.81. The highest BCUT2D eigenvalue weighted by Gasteiger charge is 2.20. The number of hydrogen-bond acceptors (Lipinski definition) is 5. The van der Waals surface area contributed by atoms with Gasteiger partial charge in [-0.3, -0.25) is 0 Å². The molecule has 2 aliphatic rings. The first-order chi connectivity index (χ1) is 13.4. The average molecular weight is 361 g/mol. The van der Waals surface area contributed by atoms with Crippen LogP contribution in [0.5, 0.6) is 11.5 Å². The minimum absolute atomic E-state index is 0.299. The third-order valence-electron chi connectivity index (χ3n) is 5.49. The van der Waals surface area contributed by atoms with Gasteiger partial charge in [0.15, 0.2) is 11.5 Å². The Kier molecular flexibility index (Phi) is 4.28. The molecule has 5 nitrogen and oxygen atoms in total. The van der Waals surface area contributed by atoms with Crippen LogP contribution in [-0.2, 0) is 6.54 Å². The van der Waals surface area contributed by atoms with Crippen molar-refractivity contribution in [2.24, 2.45) is 0 Å². The maximum atomic E-state index is 5.48. The standard InChI is InChI=1S/C22H23N3O2/c1-2-6-16(7-3-1)21-24-18-9-5-4-8-17(18)22(25-21)23-13-15-10-11-19-20(12-15)27-14-26-19/h4-5,8-12,16H,1-3,6-7,13-14H2,(H,23,24,25). The maximum absolute atomic E-state index is 5.48. The minimum atomic E-state index is 0.299. The lowest BCUT2D eigenvalue weighted by molar-refractivity contribution is 0.174. The highest BCUT2D eigenvalue weighted by Crippen LogP contribution is 2.34. The van der Waals surface area contributed by atoms with Crippen LogP contribution in [0.3, 0.4) is 0 Å². The number of benzene rings is 2. The minimum Gasteiger partial charge on any atom is -0.454 e. The summed E-state index contributed by atoms with van der Waals surface area (Å²) in [6, 6.07) is 14.3. The first-order valence-corrected chi connectivity index (χ1v) is 9.76. The van der Waals surface area contributed by atoms with Gasteiger partial charge in [0.2, 0.25) is 6.79 Å². The summed E-state index contributed by atoms with van der Waals surface area (Å²) in [6.45, 7) is 0.981. The van der Waals surface area contributed by atoms with Crippen molar-refractivity contribution in [1.82, 2.24) is 9.97 Å². The molecule has 0 amide bonds. The molecule has 138 valence electrons. The maximum Gasteiger partial charge on any atom is 0.231 e. The number of para-hydroxylation sites is 1. The fourth-order valence-corrected chi connectivity index (χ4v) is 4.01. The molecule has 0 radical (unpaired) electrons. The lowest BCUT2D eigenvalue weighted by Gasteiger charge is -2.21. The number of nitrogens with one attached hydrogen (secondary N) is 1. The molecule has 5 rings (SSSR count). The van der Waals surface area contributed by atoms with Gasteiger partial charge in [-0.05, 0) is 42.7 Å². The summed E-state index contributed by atoms with van der Waals surface area (Å²) < 4.78 is 10.9. The van der Waals surface area contributed by atoms with Crippen molar-refractivity contribution < 1.29 is 9.47 Å². The Labute approximate surface area is 158 Å². The molecule has 0 spiro atoms. The predicted molar refractivity (Wildman–Crippen MR) is 105 cm³/mol. The van der Waals surface area contributed by atoms with Crippen LogP contribution in [-0.4, -0.2) is 16.8 Å². The predicted octanol–water partition coefficient (Wildman–Crippen LogP) is 5.02. The first kappa shape index (κ1) is 16.4. The van der Waals surface area contributed by atoms with Crippen molar-refractivity contribution in [3.8, 4) is 11.5 Å². The molecule has 1 aromatic heterocycles. The highest BCUT2D eigenvalue weighted by atomic mass is 16.7. The van der Waals surface area contributed by atoms with Crippen molar-refractivity contribution in [2.45, 2.75) is 44.6 Å². The van der Waals surface area contributed by atoms with Crippen LogP contribution in [0.2, 0.25) is 0 Å². The van der Waals surface area contributed by atoms with Crippen molar-refractivity contribution in [1.29, 1.82) is 0 Å². The summed E-state index contributed by atoms with van der Waals surface area (Å²) in [5.41, 5.74) is 2.16. The smallest absolute Gasteiger partial charge is 0.231 e. The molecule has 2 heterocycles. The average Bonchev–Trinajstić information content (AvgIpc) is 3.20. The molecular formula is C22H23N3O2. The van der Waals surface area contributed by atoms with E-state index in [2.05, 4.69) is 23.5 Å². The lowest BCUT2D eigenvalue weighted by atomic mass is 9.88. The third-order valence-corrected chi connectivity index (χ3v) is 5.49. The molecule has 1 fully saturated rings. The van der Waals surface area contributed by atoms with E-state index in [1.54, 1.807) is 0 Å². The number of anilines is 1. The van der Waals surface area contributed by atoms with Crippen LogP contribution >= 0.6 is 0 Å². The molecule has 3 aromatic rings. The summed E-state index contributed by atoms with van der Waals surface area (Å²) in [6.07, 6.45) is 6.28. The quantitative estimate of drug-likeness (QED) is 0.707. The van der Waals surface area contributed by atoms with Gasteiger partial charge in [0.1, 0.15) is 11.6 Å². The molecule has 0 bridgehead atoms. The van der Waals surface area contributed by atoms with Crippen LogP contribution in [0, 0.1) is 0 Å². The molecule has 1 aliphatic carbocycles. The van der Waals surface area contributed by atoms with E-state index in [1.807, 2.05) is 24.3 Å². The van der Waals surface area contributed by atoms with Crippen LogP contribution in [0.1, 0.15) is 49.4 Å². The Morgan fingerprint density at radius 1 is 0.926 bits per heavy atom. The Hall–Kier alpha value is -2.82. The summed E-state index contributed by atoms with van der Waals surface area (Å²) in [5, 5.41) is 4.59. The SMILES string of the molecule is c1ccc2c(NCc3ccc4c(c3)OCO4)nc(C3CCCCC3)nc2c1. The number of ether oxygens (including phenoxy) is 2. The van der Waals surface area contributed by atoms with Gasteiger partial charge >= 0.3 is 0 Å². The molecule has 5 heteroatoms. The van der Waals surface area contributed by atoms with E-state index < -0.39 is 0 Å². The van der Waals surface area contributed by atoms with E-state index in [0.717, 1.165) is 39.6 Å². The molecular weight excluding hydrogens is 338 g/mol. The number of rotatable bonds is 4.